The number of nitrogens with zero attached hydrogens (tertiary/aromatic N) is 2. The molecular formula is C9H15N3O2. The van der Waals surface area contributed by atoms with Crippen molar-refractivity contribution in [2.24, 2.45) is 0 Å². The molecule has 1 atom stereocenters. The maximum absolute atomic E-state index is 11.6. The third-order valence-corrected chi connectivity index (χ3v) is 2.02. The van der Waals surface area contributed by atoms with Gasteiger partial charge in [-0.2, -0.15) is 0 Å². The van der Waals surface area contributed by atoms with Gasteiger partial charge in [0.05, 0.1) is 6.54 Å². The van der Waals surface area contributed by atoms with E-state index >= 15 is 0 Å². The molecule has 0 spiro atoms. The predicted octanol–water partition coefficient (Wildman–Crippen LogP) is 0.403. The second-order valence-corrected chi connectivity index (χ2v) is 3.11. The Bertz CT molecular complexity index is 284. The van der Waals surface area contributed by atoms with Crippen LogP contribution < -0.4 is 0 Å². The Balaban J connectivity index is 2.50. The monoisotopic (exact) mass is 197 g/mol. The Morgan fingerprint density at radius 2 is 2.50 bits per heavy atom. The number of nitrogens with one attached hydrogen (secondary N) is 1. The molecule has 1 unspecified atom stereocenters. The van der Waals surface area contributed by atoms with Crippen molar-refractivity contribution in [3.8, 4) is 0 Å². The number of carbonyl (C=O) groups is 1. The summed E-state index contributed by atoms with van der Waals surface area (Å²) in [6, 6.07) is 0. The molecule has 0 aliphatic rings. The van der Waals surface area contributed by atoms with Gasteiger partial charge in [0, 0.05) is 26.6 Å². The molecule has 0 aliphatic heterocycles. The van der Waals surface area contributed by atoms with E-state index in [0.717, 1.165) is 5.82 Å². The quantitative estimate of drug-likeness (QED) is 0.760. The van der Waals surface area contributed by atoms with E-state index in [0.29, 0.717) is 6.54 Å². The molecule has 1 rings (SSSR count). The van der Waals surface area contributed by atoms with E-state index in [2.05, 4.69) is 9.97 Å². The number of imidazole rings is 1. The van der Waals surface area contributed by atoms with Crippen molar-refractivity contribution < 1.29 is 9.53 Å². The molecule has 5 heteroatoms. The van der Waals surface area contributed by atoms with Crippen LogP contribution in [0.2, 0.25) is 0 Å². The Kier molecular flexibility index (Phi) is 3.64. The van der Waals surface area contributed by atoms with Gasteiger partial charge in [-0.05, 0) is 6.92 Å². The second-order valence-electron chi connectivity index (χ2n) is 3.11. The molecule has 0 fully saturated rings. The van der Waals surface area contributed by atoms with Crippen molar-refractivity contribution in [1.82, 2.24) is 14.9 Å². The number of hydrogen-bond acceptors (Lipinski definition) is 3. The molecule has 0 saturated heterocycles. The van der Waals surface area contributed by atoms with Crippen molar-refractivity contribution >= 4 is 5.91 Å². The summed E-state index contributed by atoms with van der Waals surface area (Å²) in [6.07, 6.45) is 2.98. The number of amides is 1. The fourth-order valence-electron chi connectivity index (χ4n) is 1.10. The minimum Gasteiger partial charge on any atom is -0.372 e. The highest BCUT2D eigenvalue weighted by Crippen LogP contribution is 2.00. The summed E-state index contributed by atoms with van der Waals surface area (Å²) in [5.41, 5.74) is 0. The normalized spacial score (nSPS) is 12.5. The van der Waals surface area contributed by atoms with E-state index in [4.69, 9.17) is 4.74 Å². The fourth-order valence-corrected chi connectivity index (χ4v) is 1.10. The predicted molar refractivity (Wildman–Crippen MR) is 51.5 cm³/mol. The van der Waals surface area contributed by atoms with Gasteiger partial charge < -0.3 is 14.6 Å². The summed E-state index contributed by atoms with van der Waals surface area (Å²) in [5, 5.41) is 0. The van der Waals surface area contributed by atoms with Gasteiger partial charge in [0.2, 0.25) is 0 Å². The Morgan fingerprint density at radius 1 is 1.79 bits per heavy atom. The number of aromatic amines is 1. The van der Waals surface area contributed by atoms with Gasteiger partial charge in [-0.1, -0.05) is 0 Å². The minimum atomic E-state index is -0.407. The van der Waals surface area contributed by atoms with Gasteiger partial charge in [-0.15, -0.1) is 0 Å². The zero-order chi connectivity index (χ0) is 10.6. The lowest BCUT2D eigenvalue weighted by atomic mass is 10.3. The van der Waals surface area contributed by atoms with E-state index < -0.39 is 6.10 Å². The Hall–Kier alpha value is -1.36. The molecule has 1 N–H and O–H groups in total. The van der Waals surface area contributed by atoms with Gasteiger partial charge >= 0.3 is 0 Å². The lowest BCUT2D eigenvalue weighted by Gasteiger charge is -2.19. The first-order valence-corrected chi connectivity index (χ1v) is 4.41. The van der Waals surface area contributed by atoms with Gasteiger partial charge in [0.1, 0.15) is 11.9 Å². The maximum atomic E-state index is 11.6. The van der Waals surface area contributed by atoms with E-state index in [1.807, 2.05) is 0 Å². The molecule has 5 nitrogen and oxygen atoms in total. The SMILES string of the molecule is COC(C)C(=O)N(C)Cc1ncc[nH]1. The van der Waals surface area contributed by atoms with Crippen LogP contribution in [0, 0.1) is 0 Å². The van der Waals surface area contributed by atoms with Crippen LogP contribution in [-0.4, -0.2) is 41.0 Å². The number of likely N-dealkylation sites (N-methyl/N-ethyl adjacent to an activating group) is 1. The zero-order valence-electron chi connectivity index (χ0n) is 8.65. The van der Waals surface area contributed by atoms with Crippen LogP contribution in [0.3, 0.4) is 0 Å². The van der Waals surface area contributed by atoms with Crippen LogP contribution in [0.5, 0.6) is 0 Å². The molecule has 1 amide bonds. The first-order chi connectivity index (χ1) is 6.65. The summed E-state index contributed by atoms with van der Waals surface area (Å²) in [6.45, 7) is 2.19. The van der Waals surface area contributed by atoms with E-state index in [-0.39, 0.29) is 5.91 Å². The molecule has 1 aromatic heterocycles. The molecule has 0 aliphatic carbocycles. The molecule has 78 valence electrons. The topological polar surface area (TPSA) is 58.2 Å². The van der Waals surface area contributed by atoms with Crippen LogP contribution in [0.4, 0.5) is 0 Å². The number of hydrogen-bond donors (Lipinski definition) is 1. The second kappa shape index (κ2) is 4.76. The highest BCUT2D eigenvalue weighted by Gasteiger charge is 2.17. The smallest absolute Gasteiger partial charge is 0.251 e. The first-order valence-electron chi connectivity index (χ1n) is 4.41. The third-order valence-electron chi connectivity index (χ3n) is 2.02. The fraction of sp³-hybridized carbons (Fsp3) is 0.556. The molecule has 0 bridgehead atoms. The lowest BCUT2D eigenvalue weighted by molar-refractivity contribution is -0.140. The average Bonchev–Trinajstić information content (AvgIpc) is 2.68. The minimum absolute atomic E-state index is 0.0519. The summed E-state index contributed by atoms with van der Waals surface area (Å²) >= 11 is 0. The maximum Gasteiger partial charge on any atom is 0.251 e. The van der Waals surface area contributed by atoms with Gasteiger partial charge in [-0.25, -0.2) is 4.98 Å². The van der Waals surface area contributed by atoms with Crippen molar-refractivity contribution in [2.75, 3.05) is 14.2 Å². The van der Waals surface area contributed by atoms with Crippen LogP contribution in [0.25, 0.3) is 0 Å². The summed E-state index contributed by atoms with van der Waals surface area (Å²) in [5.74, 6) is 0.716. The summed E-state index contributed by atoms with van der Waals surface area (Å²) in [4.78, 5) is 20.1. The molecule has 0 saturated carbocycles. The van der Waals surface area contributed by atoms with Crippen LogP contribution in [-0.2, 0) is 16.1 Å². The summed E-state index contributed by atoms with van der Waals surface area (Å²) < 4.78 is 4.93. The largest absolute Gasteiger partial charge is 0.372 e. The Morgan fingerprint density at radius 3 is 3.00 bits per heavy atom. The van der Waals surface area contributed by atoms with Crippen molar-refractivity contribution in [3.05, 3.63) is 18.2 Å². The van der Waals surface area contributed by atoms with E-state index in [9.17, 15) is 4.79 Å². The molecular weight excluding hydrogens is 182 g/mol. The highest BCUT2D eigenvalue weighted by molar-refractivity contribution is 5.80. The van der Waals surface area contributed by atoms with E-state index in [1.54, 1.807) is 31.3 Å². The number of ether oxygens (including phenoxy) is 1. The Labute approximate surface area is 83.1 Å². The van der Waals surface area contributed by atoms with E-state index in [1.165, 1.54) is 7.11 Å². The van der Waals surface area contributed by atoms with Crippen LogP contribution >= 0.6 is 0 Å². The summed E-state index contributed by atoms with van der Waals surface area (Å²) in [7, 11) is 3.24. The number of aromatic nitrogens is 2. The lowest BCUT2D eigenvalue weighted by Crippen LogP contribution is -2.35. The third kappa shape index (κ3) is 2.56. The highest BCUT2D eigenvalue weighted by atomic mass is 16.5. The molecule has 1 aromatic rings. The molecule has 14 heavy (non-hydrogen) atoms. The van der Waals surface area contributed by atoms with Gasteiger partial charge in [-0.3, -0.25) is 4.79 Å². The number of methoxy groups -OCH3 is 1. The molecule has 0 radical (unpaired) electrons. The van der Waals surface area contributed by atoms with Crippen molar-refractivity contribution in [3.63, 3.8) is 0 Å². The number of H-pyrrole nitrogens is 1. The number of rotatable bonds is 4. The average molecular weight is 197 g/mol. The standard InChI is InChI=1S/C9H15N3O2/c1-7(14-3)9(13)12(2)6-8-10-4-5-11-8/h4-5,7H,6H2,1-3H3,(H,10,11). The number of carbonyl (C=O) groups excluding carboxylic acids is 1. The van der Waals surface area contributed by atoms with Crippen molar-refractivity contribution in [1.29, 1.82) is 0 Å². The van der Waals surface area contributed by atoms with Crippen LogP contribution in [0.15, 0.2) is 12.4 Å². The molecule has 0 aromatic carbocycles. The molecule has 1 heterocycles. The van der Waals surface area contributed by atoms with Gasteiger partial charge in [0.25, 0.3) is 5.91 Å². The van der Waals surface area contributed by atoms with Crippen molar-refractivity contribution in [2.45, 2.75) is 19.6 Å². The zero-order valence-corrected chi connectivity index (χ0v) is 8.65. The first kappa shape index (κ1) is 10.7. The van der Waals surface area contributed by atoms with Gasteiger partial charge in [0.15, 0.2) is 0 Å². The van der Waals surface area contributed by atoms with Crippen LogP contribution in [0.1, 0.15) is 12.7 Å².